The van der Waals surface area contributed by atoms with Gasteiger partial charge >= 0.3 is 0 Å². The van der Waals surface area contributed by atoms with E-state index in [0.29, 0.717) is 0 Å². The summed E-state index contributed by atoms with van der Waals surface area (Å²) in [6.45, 7) is 0. The standard InChI is InChI=1S/C29H19N3/c1-3-9-28-20(6-1)12-26(18-31-28)24-14-23(22-8-5-11-30-17-22)15-25(16-24)27-13-21-7-2-4-10-29(21)32-19-27/h1-19H. The summed E-state index contributed by atoms with van der Waals surface area (Å²) in [5.74, 6) is 0. The van der Waals surface area contributed by atoms with Gasteiger partial charge in [0.1, 0.15) is 0 Å². The van der Waals surface area contributed by atoms with E-state index in [1.807, 2.05) is 61.1 Å². The highest BCUT2D eigenvalue weighted by Gasteiger charge is 2.09. The SMILES string of the molecule is c1cncc(-c2cc(-c3cnc4ccccc4c3)cc(-c3cnc4ccccc4c3)c2)c1. The molecular weight excluding hydrogens is 390 g/mol. The maximum Gasteiger partial charge on any atom is 0.0702 e. The number of hydrogen-bond donors (Lipinski definition) is 0. The van der Waals surface area contributed by atoms with Gasteiger partial charge in [0, 0.05) is 52.3 Å². The summed E-state index contributed by atoms with van der Waals surface area (Å²) < 4.78 is 0. The zero-order valence-corrected chi connectivity index (χ0v) is 17.3. The van der Waals surface area contributed by atoms with Crippen molar-refractivity contribution >= 4 is 21.8 Å². The van der Waals surface area contributed by atoms with Crippen molar-refractivity contribution in [2.24, 2.45) is 0 Å². The molecule has 3 nitrogen and oxygen atoms in total. The van der Waals surface area contributed by atoms with Crippen molar-refractivity contribution in [2.75, 3.05) is 0 Å². The van der Waals surface area contributed by atoms with E-state index in [1.54, 1.807) is 6.20 Å². The number of aromatic nitrogens is 3. The van der Waals surface area contributed by atoms with Crippen LogP contribution in [0.1, 0.15) is 0 Å². The number of benzene rings is 3. The molecule has 6 aromatic rings. The summed E-state index contributed by atoms with van der Waals surface area (Å²) in [5.41, 5.74) is 8.61. The second-order valence-corrected chi connectivity index (χ2v) is 7.87. The predicted molar refractivity (Wildman–Crippen MR) is 131 cm³/mol. The molecule has 0 N–H and O–H groups in total. The first-order valence-corrected chi connectivity index (χ1v) is 10.6. The van der Waals surface area contributed by atoms with E-state index >= 15 is 0 Å². The molecule has 0 unspecified atom stereocenters. The normalized spacial score (nSPS) is 11.1. The van der Waals surface area contributed by atoms with Crippen molar-refractivity contribution < 1.29 is 0 Å². The fraction of sp³-hybridized carbons (Fsp3) is 0. The highest BCUT2D eigenvalue weighted by atomic mass is 14.7. The van der Waals surface area contributed by atoms with Crippen LogP contribution in [-0.2, 0) is 0 Å². The molecule has 0 radical (unpaired) electrons. The van der Waals surface area contributed by atoms with Gasteiger partial charge in [0.25, 0.3) is 0 Å². The first-order chi connectivity index (χ1) is 15.8. The second kappa shape index (κ2) is 7.71. The molecule has 6 rings (SSSR count). The second-order valence-electron chi connectivity index (χ2n) is 7.87. The molecule has 0 saturated carbocycles. The Bertz CT molecular complexity index is 1480. The van der Waals surface area contributed by atoms with Crippen LogP contribution in [-0.4, -0.2) is 15.0 Å². The summed E-state index contributed by atoms with van der Waals surface area (Å²) in [4.78, 5) is 13.7. The van der Waals surface area contributed by atoms with Gasteiger partial charge in [-0.15, -0.1) is 0 Å². The lowest BCUT2D eigenvalue weighted by Gasteiger charge is -2.12. The van der Waals surface area contributed by atoms with Gasteiger partial charge in [-0.3, -0.25) is 15.0 Å². The molecule has 0 bridgehead atoms. The summed E-state index contributed by atoms with van der Waals surface area (Å²) >= 11 is 0. The zero-order valence-electron chi connectivity index (χ0n) is 17.3. The number of hydrogen-bond acceptors (Lipinski definition) is 3. The molecular formula is C29H19N3. The van der Waals surface area contributed by atoms with Crippen molar-refractivity contribution in [1.29, 1.82) is 0 Å². The van der Waals surface area contributed by atoms with Gasteiger partial charge in [-0.2, -0.15) is 0 Å². The molecule has 0 spiro atoms. The lowest BCUT2D eigenvalue weighted by molar-refractivity contribution is 1.33. The van der Waals surface area contributed by atoms with E-state index < -0.39 is 0 Å². The molecule has 3 heterocycles. The average molecular weight is 409 g/mol. The Hall–Kier alpha value is -4.37. The Morgan fingerprint density at radius 3 is 1.47 bits per heavy atom. The fourth-order valence-electron chi connectivity index (χ4n) is 4.12. The topological polar surface area (TPSA) is 38.7 Å². The van der Waals surface area contributed by atoms with Crippen LogP contribution in [0, 0.1) is 0 Å². The van der Waals surface area contributed by atoms with E-state index in [-0.39, 0.29) is 0 Å². The van der Waals surface area contributed by atoms with E-state index in [1.165, 1.54) is 0 Å². The molecule has 32 heavy (non-hydrogen) atoms. The Morgan fingerprint density at radius 1 is 0.406 bits per heavy atom. The van der Waals surface area contributed by atoms with Crippen molar-refractivity contribution in [2.45, 2.75) is 0 Å². The highest BCUT2D eigenvalue weighted by Crippen LogP contribution is 2.34. The van der Waals surface area contributed by atoms with Crippen LogP contribution < -0.4 is 0 Å². The number of rotatable bonds is 3. The minimum Gasteiger partial charge on any atom is -0.264 e. The van der Waals surface area contributed by atoms with Crippen LogP contribution in [0.25, 0.3) is 55.2 Å². The average Bonchev–Trinajstić information content (AvgIpc) is 2.88. The van der Waals surface area contributed by atoms with Crippen LogP contribution in [0.4, 0.5) is 0 Å². The molecule has 0 atom stereocenters. The molecule has 0 fully saturated rings. The largest absolute Gasteiger partial charge is 0.264 e. The smallest absolute Gasteiger partial charge is 0.0702 e. The van der Waals surface area contributed by atoms with Gasteiger partial charge in [-0.25, -0.2) is 0 Å². The van der Waals surface area contributed by atoms with Crippen molar-refractivity contribution in [3.8, 4) is 33.4 Å². The van der Waals surface area contributed by atoms with Gasteiger partial charge in [-0.1, -0.05) is 42.5 Å². The highest BCUT2D eigenvalue weighted by molar-refractivity contribution is 5.88. The minimum absolute atomic E-state index is 0.999. The molecule has 3 aromatic heterocycles. The third-order valence-corrected chi connectivity index (χ3v) is 5.78. The zero-order chi connectivity index (χ0) is 21.3. The minimum atomic E-state index is 0.999. The molecule has 0 aliphatic heterocycles. The van der Waals surface area contributed by atoms with E-state index in [2.05, 4.69) is 63.5 Å². The van der Waals surface area contributed by atoms with Gasteiger partial charge < -0.3 is 0 Å². The Morgan fingerprint density at radius 2 is 0.938 bits per heavy atom. The number of pyridine rings is 3. The van der Waals surface area contributed by atoms with Gasteiger partial charge in [-0.05, 0) is 65.2 Å². The third-order valence-electron chi connectivity index (χ3n) is 5.78. The van der Waals surface area contributed by atoms with Crippen LogP contribution in [0.15, 0.2) is 116 Å². The molecule has 0 aliphatic carbocycles. The summed E-state index contributed by atoms with van der Waals surface area (Å²) in [6.07, 6.45) is 7.61. The fourth-order valence-corrected chi connectivity index (χ4v) is 4.12. The maximum absolute atomic E-state index is 4.68. The Labute approximate surface area is 186 Å². The molecule has 150 valence electrons. The number of para-hydroxylation sites is 2. The van der Waals surface area contributed by atoms with Gasteiger partial charge in [0.05, 0.1) is 11.0 Å². The maximum atomic E-state index is 4.68. The quantitative estimate of drug-likeness (QED) is 0.311. The van der Waals surface area contributed by atoms with E-state index in [4.69, 9.17) is 0 Å². The lowest BCUT2D eigenvalue weighted by Crippen LogP contribution is -1.89. The molecule has 0 amide bonds. The first-order valence-electron chi connectivity index (χ1n) is 10.6. The first kappa shape index (κ1) is 18.4. The van der Waals surface area contributed by atoms with E-state index in [0.717, 1.165) is 55.2 Å². The summed E-state index contributed by atoms with van der Waals surface area (Å²) in [5, 5.41) is 2.26. The molecule has 0 aliphatic rings. The van der Waals surface area contributed by atoms with Gasteiger partial charge in [0.15, 0.2) is 0 Å². The van der Waals surface area contributed by atoms with Crippen molar-refractivity contribution in [3.63, 3.8) is 0 Å². The monoisotopic (exact) mass is 409 g/mol. The van der Waals surface area contributed by atoms with Crippen molar-refractivity contribution in [1.82, 2.24) is 15.0 Å². The summed E-state index contributed by atoms with van der Waals surface area (Å²) in [7, 11) is 0. The Balaban J connectivity index is 1.56. The van der Waals surface area contributed by atoms with Crippen LogP contribution in [0.3, 0.4) is 0 Å². The van der Waals surface area contributed by atoms with Crippen LogP contribution in [0.5, 0.6) is 0 Å². The molecule has 0 saturated heterocycles. The Kier molecular flexibility index (Phi) is 4.43. The summed E-state index contributed by atoms with van der Waals surface area (Å²) in [6, 6.07) is 31.5. The predicted octanol–water partition coefficient (Wildman–Crippen LogP) is 7.18. The van der Waals surface area contributed by atoms with Crippen LogP contribution in [0.2, 0.25) is 0 Å². The van der Waals surface area contributed by atoms with Crippen LogP contribution >= 0.6 is 0 Å². The lowest BCUT2D eigenvalue weighted by atomic mass is 9.94. The molecule has 3 aromatic carbocycles. The third kappa shape index (κ3) is 3.40. The van der Waals surface area contributed by atoms with Crippen molar-refractivity contribution in [3.05, 3.63) is 116 Å². The number of fused-ring (bicyclic) bond motifs is 2. The molecule has 3 heteroatoms. The van der Waals surface area contributed by atoms with E-state index in [9.17, 15) is 0 Å². The van der Waals surface area contributed by atoms with Gasteiger partial charge in [0.2, 0.25) is 0 Å². The number of nitrogens with zero attached hydrogens (tertiary/aromatic N) is 3.